The molecule has 7 nitrogen and oxygen atoms in total. The van der Waals surface area contributed by atoms with Gasteiger partial charge in [0, 0.05) is 24.5 Å². The highest BCUT2D eigenvalue weighted by atomic mass is 16.5. The van der Waals surface area contributed by atoms with E-state index in [0.717, 1.165) is 42.5 Å². The van der Waals surface area contributed by atoms with E-state index < -0.39 is 0 Å². The number of rotatable bonds is 3. The van der Waals surface area contributed by atoms with Crippen LogP contribution in [0.1, 0.15) is 31.7 Å². The van der Waals surface area contributed by atoms with Crippen molar-refractivity contribution < 1.29 is 4.74 Å². The van der Waals surface area contributed by atoms with Crippen molar-refractivity contribution in [1.29, 1.82) is 5.26 Å². The molecule has 2 aliphatic rings. The minimum Gasteiger partial charge on any atom is -0.478 e. The van der Waals surface area contributed by atoms with E-state index in [0.29, 0.717) is 29.7 Å². The maximum Gasteiger partial charge on any atom is 0.215 e. The van der Waals surface area contributed by atoms with Crippen LogP contribution in [0.25, 0.3) is 10.8 Å². The fourth-order valence-corrected chi connectivity index (χ4v) is 3.30. The Hall–Kier alpha value is -2.88. The van der Waals surface area contributed by atoms with E-state index >= 15 is 0 Å². The van der Waals surface area contributed by atoms with Gasteiger partial charge in [-0.3, -0.25) is 0 Å². The number of aromatic nitrogens is 2. The molecule has 1 N–H and O–H groups in total. The largest absolute Gasteiger partial charge is 0.478 e. The first-order valence-corrected chi connectivity index (χ1v) is 8.27. The molecule has 2 aromatic rings. The number of hydrogen-bond donors (Lipinski definition) is 1. The number of pyridine rings is 2. The van der Waals surface area contributed by atoms with Crippen LogP contribution >= 0.6 is 0 Å². The highest BCUT2D eigenvalue weighted by molar-refractivity contribution is 6.09. The quantitative estimate of drug-likeness (QED) is 0.935. The molecule has 0 aliphatic carbocycles. The molecule has 0 aromatic carbocycles. The average Bonchev–Trinajstić information content (AvgIpc) is 2.62. The molecule has 0 radical (unpaired) electrons. The second kappa shape index (κ2) is 5.96. The zero-order chi connectivity index (χ0) is 16.5. The standard InChI is InChI=1S/C17H18N6O/c1-2-24-13-8-11-12(9-18)17(23-6-4-3-5-7-23)22-16-14(11)15(21-13)19-10-20-16/h8,10H,2-7H2,1H3,(H,19,20,21,22). The van der Waals surface area contributed by atoms with E-state index in [1.165, 1.54) is 6.42 Å². The zero-order valence-electron chi connectivity index (χ0n) is 13.5. The van der Waals surface area contributed by atoms with Crippen molar-refractivity contribution in [2.75, 3.05) is 29.9 Å². The van der Waals surface area contributed by atoms with Crippen LogP contribution in [-0.2, 0) is 0 Å². The molecule has 0 saturated carbocycles. The third-order valence-electron chi connectivity index (χ3n) is 4.37. The van der Waals surface area contributed by atoms with Gasteiger partial charge in [0.2, 0.25) is 5.88 Å². The molecule has 4 heterocycles. The lowest BCUT2D eigenvalue weighted by Gasteiger charge is -2.29. The Balaban J connectivity index is 1.98. The fourth-order valence-electron chi connectivity index (χ4n) is 3.30. The van der Waals surface area contributed by atoms with E-state index in [2.05, 4.69) is 26.3 Å². The average molecular weight is 322 g/mol. The molecule has 1 fully saturated rings. The number of ether oxygens (including phenoxy) is 1. The normalized spacial score (nSPS) is 15.9. The smallest absolute Gasteiger partial charge is 0.215 e. The van der Waals surface area contributed by atoms with Crippen molar-refractivity contribution in [2.45, 2.75) is 26.2 Å². The van der Waals surface area contributed by atoms with E-state index in [1.54, 1.807) is 6.34 Å². The summed E-state index contributed by atoms with van der Waals surface area (Å²) < 4.78 is 5.56. The molecule has 0 amide bonds. The van der Waals surface area contributed by atoms with Gasteiger partial charge >= 0.3 is 0 Å². The van der Waals surface area contributed by atoms with Gasteiger partial charge in [0.15, 0.2) is 5.82 Å². The number of nitrogens with one attached hydrogen (secondary N) is 1. The molecule has 4 rings (SSSR count). The van der Waals surface area contributed by atoms with Crippen molar-refractivity contribution in [2.24, 2.45) is 4.99 Å². The number of nitriles is 1. The lowest BCUT2D eigenvalue weighted by molar-refractivity contribution is 0.328. The van der Waals surface area contributed by atoms with Crippen LogP contribution in [0.4, 0.5) is 17.5 Å². The molecule has 1 saturated heterocycles. The van der Waals surface area contributed by atoms with Crippen LogP contribution < -0.4 is 15.0 Å². The van der Waals surface area contributed by atoms with Gasteiger partial charge in [-0.25, -0.2) is 9.98 Å². The summed E-state index contributed by atoms with van der Waals surface area (Å²) in [4.78, 5) is 15.6. The van der Waals surface area contributed by atoms with Crippen molar-refractivity contribution in [3.8, 4) is 11.9 Å². The van der Waals surface area contributed by atoms with Gasteiger partial charge in [-0.15, -0.1) is 0 Å². The van der Waals surface area contributed by atoms with Crippen LogP contribution in [0.3, 0.4) is 0 Å². The van der Waals surface area contributed by atoms with Crippen LogP contribution in [0, 0.1) is 11.3 Å². The molecular formula is C17H18N6O. The number of hydrogen-bond acceptors (Lipinski definition) is 7. The maximum atomic E-state index is 9.80. The molecule has 0 atom stereocenters. The third kappa shape index (κ3) is 2.31. The van der Waals surface area contributed by atoms with Gasteiger partial charge in [-0.2, -0.15) is 10.2 Å². The molecule has 2 aromatic heterocycles. The predicted octanol–water partition coefficient (Wildman–Crippen LogP) is 2.98. The first-order valence-electron chi connectivity index (χ1n) is 8.27. The third-order valence-corrected chi connectivity index (χ3v) is 4.37. The Kier molecular flexibility index (Phi) is 3.65. The molecule has 122 valence electrons. The van der Waals surface area contributed by atoms with Gasteiger partial charge in [-0.1, -0.05) is 0 Å². The fraction of sp³-hybridized carbons (Fsp3) is 0.412. The van der Waals surface area contributed by atoms with Crippen molar-refractivity contribution >= 4 is 34.6 Å². The van der Waals surface area contributed by atoms with Crippen molar-refractivity contribution in [3.05, 3.63) is 11.6 Å². The SMILES string of the molecule is CCOc1cc2c(C#N)c(N3CCCCC3)nc3c2c(n1)N=CN3. The Morgan fingerprint density at radius 3 is 2.88 bits per heavy atom. The van der Waals surface area contributed by atoms with Gasteiger partial charge in [0.25, 0.3) is 0 Å². The maximum absolute atomic E-state index is 9.80. The number of anilines is 2. The van der Waals surface area contributed by atoms with Gasteiger partial charge < -0.3 is 15.0 Å². The Morgan fingerprint density at radius 2 is 2.12 bits per heavy atom. The summed E-state index contributed by atoms with van der Waals surface area (Å²) in [5, 5.41) is 14.5. The highest BCUT2D eigenvalue weighted by Gasteiger charge is 2.24. The second-order valence-electron chi connectivity index (χ2n) is 5.86. The van der Waals surface area contributed by atoms with Gasteiger partial charge in [-0.05, 0) is 26.2 Å². The molecule has 7 heteroatoms. The summed E-state index contributed by atoms with van der Waals surface area (Å²) in [6.45, 7) is 4.28. The monoisotopic (exact) mass is 322 g/mol. The Bertz CT molecular complexity index is 864. The highest BCUT2D eigenvalue weighted by Crippen LogP contribution is 2.40. The van der Waals surface area contributed by atoms with Crippen molar-refractivity contribution in [3.63, 3.8) is 0 Å². The lowest BCUT2D eigenvalue weighted by Crippen LogP contribution is -2.31. The minimum absolute atomic E-state index is 0.484. The minimum atomic E-state index is 0.484. The van der Waals surface area contributed by atoms with E-state index in [-0.39, 0.29) is 0 Å². The Morgan fingerprint density at radius 1 is 1.29 bits per heavy atom. The van der Waals surface area contributed by atoms with Crippen LogP contribution in [0.15, 0.2) is 11.1 Å². The number of nitrogens with zero attached hydrogens (tertiary/aromatic N) is 5. The first-order chi connectivity index (χ1) is 11.8. The summed E-state index contributed by atoms with van der Waals surface area (Å²) in [6, 6.07) is 4.16. The molecule has 2 aliphatic heterocycles. The zero-order valence-corrected chi connectivity index (χ0v) is 13.5. The van der Waals surface area contributed by atoms with Crippen LogP contribution in [0.5, 0.6) is 5.88 Å². The van der Waals surface area contributed by atoms with E-state index in [4.69, 9.17) is 9.72 Å². The molecule has 0 spiro atoms. The van der Waals surface area contributed by atoms with Crippen LogP contribution in [0.2, 0.25) is 0 Å². The topological polar surface area (TPSA) is 86.4 Å². The van der Waals surface area contributed by atoms with Gasteiger partial charge in [0.05, 0.1) is 18.3 Å². The summed E-state index contributed by atoms with van der Waals surface area (Å²) in [5.41, 5.74) is 0.569. The second-order valence-corrected chi connectivity index (χ2v) is 5.86. The summed E-state index contributed by atoms with van der Waals surface area (Å²) in [7, 11) is 0. The van der Waals surface area contributed by atoms with Gasteiger partial charge in [0.1, 0.15) is 23.3 Å². The molecule has 24 heavy (non-hydrogen) atoms. The van der Waals surface area contributed by atoms with E-state index in [9.17, 15) is 5.26 Å². The Labute approximate surface area is 140 Å². The molecule has 0 bridgehead atoms. The first kappa shape index (κ1) is 14.7. The lowest BCUT2D eigenvalue weighted by atomic mass is 10.0. The number of aliphatic imine (C=N–C) groups is 1. The number of piperidine rings is 1. The summed E-state index contributed by atoms with van der Waals surface area (Å²) in [5.74, 6) is 2.46. The molecular weight excluding hydrogens is 304 g/mol. The summed E-state index contributed by atoms with van der Waals surface area (Å²) >= 11 is 0. The summed E-state index contributed by atoms with van der Waals surface area (Å²) in [6.07, 6.45) is 5.06. The van der Waals surface area contributed by atoms with E-state index in [1.807, 2.05) is 13.0 Å². The van der Waals surface area contributed by atoms with Crippen molar-refractivity contribution in [1.82, 2.24) is 9.97 Å². The predicted molar refractivity (Wildman–Crippen MR) is 93.3 cm³/mol. The molecule has 0 unspecified atom stereocenters. The van der Waals surface area contributed by atoms with Crippen LogP contribution in [-0.4, -0.2) is 36.0 Å².